The Kier molecular flexibility index (Phi) is 4.39. The van der Waals surface area contributed by atoms with Gasteiger partial charge in [-0.3, -0.25) is 4.79 Å². The second kappa shape index (κ2) is 6.62. The number of amides is 1. The fraction of sp³-hybridized carbons (Fsp3) is 0.278. The third kappa shape index (κ3) is 3.46. The molecule has 0 fully saturated rings. The average Bonchev–Trinajstić information content (AvgIpc) is 3.01. The second-order valence-electron chi connectivity index (χ2n) is 5.52. The van der Waals surface area contributed by atoms with Crippen LogP contribution in [-0.4, -0.2) is 12.5 Å². The molecule has 0 unspecified atom stereocenters. The van der Waals surface area contributed by atoms with Gasteiger partial charge in [0.1, 0.15) is 5.75 Å². The van der Waals surface area contributed by atoms with E-state index >= 15 is 0 Å². The molecule has 4 heteroatoms. The second-order valence-corrected chi connectivity index (χ2v) is 5.52. The highest BCUT2D eigenvalue weighted by molar-refractivity contribution is 5.92. The highest BCUT2D eigenvalue weighted by Crippen LogP contribution is 2.24. The molecule has 0 heterocycles. The molecule has 0 radical (unpaired) electrons. The standard InChI is InChI=1S/C18H20N2O2/c19-11-13-4-8-17(9-5-13)22-12-18(21)20-16-7-6-14-2-1-3-15(14)10-16/h4-10H,1-3,11-12,19H2,(H,20,21). The molecule has 0 aliphatic heterocycles. The normalized spacial score (nSPS) is 12.8. The molecule has 2 aromatic rings. The first-order chi connectivity index (χ1) is 10.7. The predicted octanol–water partition coefficient (Wildman–Crippen LogP) is 2.65. The lowest BCUT2D eigenvalue weighted by molar-refractivity contribution is -0.118. The molecule has 114 valence electrons. The van der Waals surface area contributed by atoms with Crippen LogP contribution in [-0.2, 0) is 24.2 Å². The monoisotopic (exact) mass is 296 g/mol. The number of hydrogen-bond donors (Lipinski definition) is 2. The summed E-state index contributed by atoms with van der Waals surface area (Å²) in [5.41, 5.74) is 10.2. The van der Waals surface area contributed by atoms with Crippen LogP contribution in [0.25, 0.3) is 0 Å². The molecule has 0 saturated carbocycles. The summed E-state index contributed by atoms with van der Waals surface area (Å²) < 4.78 is 5.48. The van der Waals surface area contributed by atoms with Crippen molar-refractivity contribution in [3.8, 4) is 5.75 Å². The lowest BCUT2D eigenvalue weighted by Gasteiger charge is -2.09. The van der Waals surface area contributed by atoms with Gasteiger partial charge in [-0.1, -0.05) is 18.2 Å². The van der Waals surface area contributed by atoms with E-state index in [-0.39, 0.29) is 12.5 Å². The highest BCUT2D eigenvalue weighted by Gasteiger charge is 2.12. The molecule has 0 atom stereocenters. The topological polar surface area (TPSA) is 64.3 Å². The lowest BCUT2D eigenvalue weighted by Crippen LogP contribution is -2.20. The van der Waals surface area contributed by atoms with Crippen LogP contribution in [0.15, 0.2) is 42.5 Å². The van der Waals surface area contributed by atoms with E-state index in [1.165, 1.54) is 17.5 Å². The van der Waals surface area contributed by atoms with Crippen LogP contribution in [0.4, 0.5) is 5.69 Å². The Morgan fingerprint density at radius 1 is 1.09 bits per heavy atom. The Morgan fingerprint density at radius 2 is 1.86 bits per heavy atom. The maximum atomic E-state index is 12.0. The van der Waals surface area contributed by atoms with Gasteiger partial charge in [0.15, 0.2) is 6.61 Å². The fourth-order valence-electron chi connectivity index (χ4n) is 2.72. The van der Waals surface area contributed by atoms with Gasteiger partial charge >= 0.3 is 0 Å². The summed E-state index contributed by atoms with van der Waals surface area (Å²) in [5, 5.41) is 2.88. The molecule has 1 aliphatic rings. The summed E-state index contributed by atoms with van der Waals surface area (Å²) in [6.07, 6.45) is 3.45. The van der Waals surface area contributed by atoms with E-state index < -0.39 is 0 Å². The van der Waals surface area contributed by atoms with Crippen LogP contribution >= 0.6 is 0 Å². The van der Waals surface area contributed by atoms with Crippen LogP contribution in [0, 0.1) is 0 Å². The van der Waals surface area contributed by atoms with Gasteiger partial charge in [0.05, 0.1) is 0 Å². The Labute approximate surface area is 130 Å². The third-order valence-corrected chi connectivity index (χ3v) is 3.91. The molecule has 1 amide bonds. The molecule has 3 N–H and O–H groups in total. The van der Waals surface area contributed by atoms with Crippen molar-refractivity contribution in [3.05, 3.63) is 59.2 Å². The maximum absolute atomic E-state index is 12.0. The van der Waals surface area contributed by atoms with Gasteiger partial charge in [-0.05, 0) is 60.2 Å². The minimum absolute atomic E-state index is 0.000936. The molecule has 3 rings (SSSR count). The summed E-state index contributed by atoms with van der Waals surface area (Å²) in [6.45, 7) is 0.498. The summed E-state index contributed by atoms with van der Waals surface area (Å²) in [7, 11) is 0. The molecule has 22 heavy (non-hydrogen) atoms. The molecule has 4 nitrogen and oxygen atoms in total. The number of rotatable bonds is 5. The van der Waals surface area contributed by atoms with Crippen molar-refractivity contribution in [1.82, 2.24) is 0 Å². The molecule has 0 spiro atoms. The number of carbonyl (C=O) groups is 1. The zero-order valence-corrected chi connectivity index (χ0v) is 12.5. The van der Waals surface area contributed by atoms with E-state index in [1.54, 1.807) is 0 Å². The summed E-state index contributed by atoms with van der Waals surface area (Å²) in [4.78, 5) is 12.0. The first kappa shape index (κ1) is 14.6. The number of nitrogens with one attached hydrogen (secondary N) is 1. The molecule has 0 bridgehead atoms. The van der Waals surface area contributed by atoms with Crippen LogP contribution in [0.2, 0.25) is 0 Å². The van der Waals surface area contributed by atoms with Gasteiger partial charge in [-0.15, -0.1) is 0 Å². The van der Waals surface area contributed by atoms with Crippen LogP contribution < -0.4 is 15.8 Å². The summed E-state index contributed by atoms with van der Waals surface area (Å²) >= 11 is 0. The number of fused-ring (bicyclic) bond motifs is 1. The van der Waals surface area contributed by atoms with E-state index in [0.29, 0.717) is 12.3 Å². The lowest BCUT2D eigenvalue weighted by atomic mass is 10.1. The molecule has 2 aromatic carbocycles. The maximum Gasteiger partial charge on any atom is 0.262 e. The average molecular weight is 296 g/mol. The van der Waals surface area contributed by atoms with Gasteiger partial charge in [-0.25, -0.2) is 0 Å². The van der Waals surface area contributed by atoms with E-state index in [0.717, 1.165) is 24.1 Å². The third-order valence-electron chi connectivity index (χ3n) is 3.91. The molecular weight excluding hydrogens is 276 g/mol. The summed E-state index contributed by atoms with van der Waals surface area (Å²) in [6, 6.07) is 13.6. The van der Waals surface area contributed by atoms with E-state index in [9.17, 15) is 4.79 Å². The fourth-order valence-corrected chi connectivity index (χ4v) is 2.72. The van der Waals surface area contributed by atoms with Crippen molar-refractivity contribution in [3.63, 3.8) is 0 Å². The number of anilines is 1. The first-order valence-electron chi connectivity index (χ1n) is 7.58. The van der Waals surface area contributed by atoms with Gasteiger partial charge < -0.3 is 15.8 Å². The SMILES string of the molecule is NCc1ccc(OCC(=O)Nc2ccc3c(c2)CCC3)cc1. The smallest absolute Gasteiger partial charge is 0.262 e. The number of ether oxygens (including phenoxy) is 1. The van der Waals surface area contributed by atoms with Gasteiger partial charge in [-0.2, -0.15) is 0 Å². The van der Waals surface area contributed by atoms with Crippen molar-refractivity contribution in [2.24, 2.45) is 5.73 Å². The van der Waals surface area contributed by atoms with Gasteiger partial charge in [0.2, 0.25) is 0 Å². The zero-order chi connectivity index (χ0) is 15.4. The first-order valence-corrected chi connectivity index (χ1v) is 7.58. The minimum atomic E-state index is -0.152. The van der Waals surface area contributed by atoms with E-state index in [1.807, 2.05) is 30.3 Å². The predicted molar refractivity (Wildman–Crippen MR) is 86.9 cm³/mol. The van der Waals surface area contributed by atoms with Crippen molar-refractivity contribution >= 4 is 11.6 Å². The summed E-state index contributed by atoms with van der Waals surface area (Å²) in [5.74, 6) is 0.516. The van der Waals surface area contributed by atoms with Crippen molar-refractivity contribution in [2.75, 3.05) is 11.9 Å². The van der Waals surface area contributed by atoms with Crippen molar-refractivity contribution < 1.29 is 9.53 Å². The quantitative estimate of drug-likeness (QED) is 0.891. The number of hydrogen-bond acceptors (Lipinski definition) is 3. The Bertz CT molecular complexity index is 665. The zero-order valence-electron chi connectivity index (χ0n) is 12.5. The number of nitrogens with two attached hydrogens (primary N) is 1. The molecule has 0 saturated heterocycles. The largest absolute Gasteiger partial charge is 0.484 e. The Morgan fingerprint density at radius 3 is 2.64 bits per heavy atom. The van der Waals surface area contributed by atoms with Crippen LogP contribution in [0.5, 0.6) is 5.75 Å². The van der Waals surface area contributed by atoms with Gasteiger partial charge in [0.25, 0.3) is 5.91 Å². The molecular formula is C18H20N2O2. The molecule has 0 aromatic heterocycles. The van der Waals surface area contributed by atoms with E-state index in [2.05, 4.69) is 17.4 Å². The van der Waals surface area contributed by atoms with Crippen molar-refractivity contribution in [2.45, 2.75) is 25.8 Å². The Hall–Kier alpha value is -2.33. The Balaban J connectivity index is 1.53. The van der Waals surface area contributed by atoms with E-state index in [4.69, 9.17) is 10.5 Å². The minimum Gasteiger partial charge on any atom is -0.484 e. The van der Waals surface area contributed by atoms with Crippen molar-refractivity contribution in [1.29, 1.82) is 0 Å². The van der Waals surface area contributed by atoms with Crippen LogP contribution in [0.3, 0.4) is 0 Å². The number of carbonyl (C=O) groups excluding carboxylic acids is 1. The molecule has 1 aliphatic carbocycles. The van der Waals surface area contributed by atoms with Gasteiger partial charge in [0, 0.05) is 12.2 Å². The number of benzene rings is 2. The number of aryl methyl sites for hydroxylation is 2. The highest BCUT2D eigenvalue weighted by atomic mass is 16.5. The van der Waals surface area contributed by atoms with Crippen LogP contribution in [0.1, 0.15) is 23.1 Å².